The third kappa shape index (κ3) is 5.87. The summed E-state index contributed by atoms with van der Waals surface area (Å²) in [7, 11) is 1.56. The van der Waals surface area contributed by atoms with Gasteiger partial charge >= 0.3 is 6.03 Å². The van der Waals surface area contributed by atoms with Crippen LogP contribution >= 0.6 is 0 Å². The molecule has 1 saturated heterocycles. The average molecular weight is 437 g/mol. The lowest BCUT2D eigenvalue weighted by atomic mass is 9.96. The molecule has 168 valence electrons. The first-order chi connectivity index (χ1) is 15.5. The Bertz CT molecular complexity index is 966. The SMILES string of the molecule is C=CCNC(=O)c1ccc(NC(=O)N2CCC(C(=O)Nc3ccccc3OC)CC2)cc1. The average Bonchev–Trinajstić information content (AvgIpc) is 2.83. The molecule has 0 aliphatic carbocycles. The van der Waals surface area contributed by atoms with E-state index in [2.05, 4.69) is 22.5 Å². The quantitative estimate of drug-likeness (QED) is 0.579. The molecule has 1 aliphatic rings. The van der Waals surface area contributed by atoms with E-state index in [9.17, 15) is 14.4 Å². The van der Waals surface area contributed by atoms with Gasteiger partial charge in [-0.25, -0.2) is 4.79 Å². The molecule has 0 bridgehead atoms. The van der Waals surface area contributed by atoms with E-state index < -0.39 is 0 Å². The number of benzene rings is 2. The second-order valence-corrected chi connectivity index (χ2v) is 7.46. The zero-order valence-corrected chi connectivity index (χ0v) is 18.1. The highest BCUT2D eigenvalue weighted by Gasteiger charge is 2.28. The first-order valence-corrected chi connectivity index (χ1v) is 10.5. The summed E-state index contributed by atoms with van der Waals surface area (Å²) in [6.07, 6.45) is 2.77. The number of para-hydroxylation sites is 2. The summed E-state index contributed by atoms with van der Waals surface area (Å²) >= 11 is 0. The minimum Gasteiger partial charge on any atom is -0.495 e. The topological polar surface area (TPSA) is 99.8 Å². The van der Waals surface area contributed by atoms with Crippen LogP contribution in [0.2, 0.25) is 0 Å². The number of methoxy groups -OCH3 is 1. The van der Waals surface area contributed by atoms with E-state index in [4.69, 9.17) is 4.74 Å². The molecule has 1 heterocycles. The van der Waals surface area contributed by atoms with Crippen molar-refractivity contribution in [1.29, 1.82) is 0 Å². The van der Waals surface area contributed by atoms with Crippen molar-refractivity contribution < 1.29 is 19.1 Å². The predicted molar refractivity (Wildman–Crippen MR) is 124 cm³/mol. The van der Waals surface area contributed by atoms with Gasteiger partial charge in [0.05, 0.1) is 12.8 Å². The summed E-state index contributed by atoms with van der Waals surface area (Å²) in [6.45, 7) is 4.92. The molecule has 1 aliphatic heterocycles. The Balaban J connectivity index is 1.48. The van der Waals surface area contributed by atoms with E-state index in [0.717, 1.165) is 0 Å². The molecule has 2 aromatic carbocycles. The van der Waals surface area contributed by atoms with Gasteiger partial charge in [-0.2, -0.15) is 0 Å². The second-order valence-electron chi connectivity index (χ2n) is 7.46. The Morgan fingerprint density at radius 2 is 1.75 bits per heavy atom. The first-order valence-electron chi connectivity index (χ1n) is 10.5. The van der Waals surface area contributed by atoms with Crippen LogP contribution in [0.3, 0.4) is 0 Å². The number of rotatable bonds is 7. The Morgan fingerprint density at radius 1 is 1.06 bits per heavy atom. The maximum atomic E-state index is 12.6. The van der Waals surface area contributed by atoms with Gasteiger partial charge in [0, 0.05) is 36.8 Å². The van der Waals surface area contributed by atoms with Crippen LogP contribution in [-0.4, -0.2) is 49.5 Å². The van der Waals surface area contributed by atoms with Crippen LogP contribution in [0.25, 0.3) is 0 Å². The molecule has 0 aromatic heterocycles. The fraction of sp³-hybridized carbons (Fsp3) is 0.292. The number of piperidine rings is 1. The number of carbonyl (C=O) groups is 3. The van der Waals surface area contributed by atoms with Crippen molar-refractivity contribution >= 4 is 29.2 Å². The summed E-state index contributed by atoms with van der Waals surface area (Å²) in [5, 5.41) is 8.47. The maximum absolute atomic E-state index is 12.6. The van der Waals surface area contributed by atoms with Crippen LogP contribution in [-0.2, 0) is 4.79 Å². The van der Waals surface area contributed by atoms with Crippen molar-refractivity contribution in [3.8, 4) is 5.75 Å². The number of nitrogens with zero attached hydrogens (tertiary/aromatic N) is 1. The van der Waals surface area contributed by atoms with Gasteiger partial charge in [0.15, 0.2) is 0 Å². The van der Waals surface area contributed by atoms with E-state index >= 15 is 0 Å². The number of hydrogen-bond acceptors (Lipinski definition) is 4. The van der Waals surface area contributed by atoms with Gasteiger partial charge in [0.1, 0.15) is 5.75 Å². The van der Waals surface area contributed by atoms with Crippen molar-refractivity contribution in [2.75, 3.05) is 37.4 Å². The van der Waals surface area contributed by atoms with Crippen LogP contribution in [0, 0.1) is 5.92 Å². The highest BCUT2D eigenvalue weighted by Crippen LogP contribution is 2.26. The molecule has 0 radical (unpaired) electrons. The zero-order valence-electron chi connectivity index (χ0n) is 18.1. The molecule has 3 rings (SSSR count). The lowest BCUT2D eigenvalue weighted by molar-refractivity contribution is -0.121. The summed E-state index contributed by atoms with van der Waals surface area (Å²) in [6, 6.07) is 13.7. The normalized spacial score (nSPS) is 13.7. The van der Waals surface area contributed by atoms with E-state index in [-0.39, 0.29) is 23.8 Å². The van der Waals surface area contributed by atoms with E-state index in [1.807, 2.05) is 12.1 Å². The third-order valence-electron chi connectivity index (χ3n) is 5.32. The number of carbonyl (C=O) groups excluding carboxylic acids is 3. The predicted octanol–water partition coefficient (Wildman–Crippen LogP) is 3.49. The lowest BCUT2D eigenvalue weighted by Crippen LogP contribution is -2.43. The van der Waals surface area contributed by atoms with Gasteiger partial charge < -0.3 is 25.6 Å². The Labute approximate surface area is 187 Å². The van der Waals surface area contributed by atoms with Crippen LogP contribution in [0.15, 0.2) is 61.2 Å². The Kier molecular flexibility index (Phi) is 7.85. The highest BCUT2D eigenvalue weighted by atomic mass is 16.5. The van der Waals surface area contributed by atoms with Crippen LogP contribution in [0.1, 0.15) is 23.2 Å². The molecule has 3 N–H and O–H groups in total. The summed E-state index contributed by atoms with van der Waals surface area (Å²) < 4.78 is 5.27. The number of likely N-dealkylation sites (tertiary alicyclic amines) is 1. The summed E-state index contributed by atoms with van der Waals surface area (Å²) in [5.74, 6) is 0.176. The molecule has 8 nitrogen and oxygen atoms in total. The molecule has 0 saturated carbocycles. The third-order valence-corrected chi connectivity index (χ3v) is 5.32. The number of ether oxygens (including phenoxy) is 1. The molecular formula is C24H28N4O4. The van der Waals surface area contributed by atoms with E-state index in [1.165, 1.54) is 0 Å². The number of hydrogen-bond donors (Lipinski definition) is 3. The van der Waals surface area contributed by atoms with Crippen molar-refractivity contribution in [3.05, 3.63) is 66.7 Å². The zero-order chi connectivity index (χ0) is 22.9. The van der Waals surface area contributed by atoms with E-state index in [0.29, 0.717) is 55.2 Å². The van der Waals surface area contributed by atoms with Gasteiger partial charge in [-0.05, 0) is 49.2 Å². The number of nitrogens with one attached hydrogen (secondary N) is 3. The van der Waals surface area contributed by atoms with Gasteiger partial charge in [-0.1, -0.05) is 18.2 Å². The Hall–Kier alpha value is -3.81. The minimum atomic E-state index is -0.225. The fourth-order valence-corrected chi connectivity index (χ4v) is 3.50. The van der Waals surface area contributed by atoms with Crippen molar-refractivity contribution in [1.82, 2.24) is 10.2 Å². The van der Waals surface area contributed by atoms with Crippen LogP contribution in [0.4, 0.5) is 16.2 Å². The largest absolute Gasteiger partial charge is 0.495 e. The molecular weight excluding hydrogens is 408 g/mol. The fourth-order valence-electron chi connectivity index (χ4n) is 3.50. The van der Waals surface area contributed by atoms with Gasteiger partial charge in [-0.3, -0.25) is 9.59 Å². The molecule has 1 fully saturated rings. The minimum absolute atomic E-state index is 0.0696. The number of anilines is 2. The molecule has 0 unspecified atom stereocenters. The molecule has 0 atom stereocenters. The molecule has 2 aromatic rings. The van der Waals surface area contributed by atoms with Gasteiger partial charge in [0.25, 0.3) is 5.91 Å². The van der Waals surface area contributed by atoms with Gasteiger partial charge in [-0.15, -0.1) is 6.58 Å². The number of amides is 4. The van der Waals surface area contributed by atoms with E-state index in [1.54, 1.807) is 54.5 Å². The monoisotopic (exact) mass is 436 g/mol. The maximum Gasteiger partial charge on any atom is 0.321 e. The number of urea groups is 1. The van der Waals surface area contributed by atoms with Crippen LogP contribution in [0.5, 0.6) is 5.75 Å². The first kappa shape index (κ1) is 22.9. The summed E-state index contributed by atoms with van der Waals surface area (Å²) in [4.78, 5) is 38.8. The standard InChI is InChI=1S/C24H28N4O4/c1-3-14-25-22(29)17-8-10-19(11-9-17)26-24(31)28-15-12-18(13-16-28)23(30)27-20-6-4-5-7-21(20)32-2/h3-11,18H,1,12-16H2,2H3,(H,25,29)(H,26,31)(H,27,30). The molecule has 32 heavy (non-hydrogen) atoms. The van der Waals surface area contributed by atoms with Crippen molar-refractivity contribution in [3.63, 3.8) is 0 Å². The second kappa shape index (κ2) is 11.0. The van der Waals surface area contributed by atoms with Gasteiger partial charge in [0.2, 0.25) is 5.91 Å². The van der Waals surface area contributed by atoms with Crippen LogP contribution < -0.4 is 20.7 Å². The molecule has 4 amide bonds. The molecule has 8 heteroatoms. The van der Waals surface area contributed by atoms with Crippen molar-refractivity contribution in [2.24, 2.45) is 5.92 Å². The lowest BCUT2D eigenvalue weighted by Gasteiger charge is -2.31. The van der Waals surface area contributed by atoms with Crippen molar-refractivity contribution in [2.45, 2.75) is 12.8 Å². The molecule has 0 spiro atoms. The Morgan fingerprint density at radius 3 is 2.41 bits per heavy atom. The highest BCUT2D eigenvalue weighted by molar-refractivity contribution is 5.96. The smallest absolute Gasteiger partial charge is 0.321 e. The summed E-state index contributed by atoms with van der Waals surface area (Å²) in [5.41, 5.74) is 1.75.